The zero-order chi connectivity index (χ0) is 7.78. The summed E-state index contributed by atoms with van der Waals surface area (Å²) in [6.07, 6.45) is 0.419. The van der Waals surface area contributed by atoms with Gasteiger partial charge in [0.1, 0.15) is 0 Å². The minimum atomic E-state index is -0.262. The van der Waals surface area contributed by atoms with Gasteiger partial charge in [0.25, 0.3) is 0 Å². The van der Waals surface area contributed by atoms with Crippen LogP contribution in [0.25, 0.3) is 0 Å². The van der Waals surface area contributed by atoms with Crippen molar-refractivity contribution in [1.29, 1.82) is 0 Å². The second-order valence-electron chi connectivity index (χ2n) is 3.39. The first-order valence-electron chi connectivity index (χ1n) is 3.59. The molecule has 2 unspecified atom stereocenters. The molecule has 1 saturated heterocycles. The SMILES string of the molecule is CN1CC(O)CC1(C)CO. The molecule has 0 saturated carbocycles. The molecule has 0 aromatic carbocycles. The lowest BCUT2D eigenvalue weighted by atomic mass is 10.0. The van der Waals surface area contributed by atoms with Crippen molar-refractivity contribution in [3.63, 3.8) is 0 Å². The topological polar surface area (TPSA) is 43.7 Å². The third kappa shape index (κ3) is 1.17. The van der Waals surface area contributed by atoms with E-state index in [1.54, 1.807) is 0 Å². The summed E-state index contributed by atoms with van der Waals surface area (Å²) in [5.41, 5.74) is -0.195. The molecule has 1 rings (SSSR count). The van der Waals surface area contributed by atoms with Crippen molar-refractivity contribution < 1.29 is 10.2 Å². The molecule has 3 heteroatoms. The number of rotatable bonds is 1. The smallest absolute Gasteiger partial charge is 0.0685 e. The van der Waals surface area contributed by atoms with Gasteiger partial charge in [-0.2, -0.15) is 0 Å². The van der Waals surface area contributed by atoms with Gasteiger partial charge < -0.3 is 10.2 Å². The Morgan fingerprint density at radius 3 is 2.50 bits per heavy atom. The summed E-state index contributed by atoms with van der Waals surface area (Å²) in [5, 5.41) is 18.2. The summed E-state index contributed by atoms with van der Waals surface area (Å²) < 4.78 is 0. The molecule has 3 nitrogen and oxygen atoms in total. The van der Waals surface area contributed by atoms with Crippen LogP contribution in [0.1, 0.15) is 13.3 Å². The van der Waals surface area contributed by atoms with Gasteiger partial charge in [-0.05, 0) is 20.4 Å². The first kappa shape index (κ1) is 7.98. The molecule has 0 aliphatic carbocycles. The standard InChI is InChI=1S/C7H15NO2/c1-7(5-9)3-6(10)4-8(7)2/h6,9-10H,3-5H2,1-2H3. The highest BCUT2D eigenvalue weighted by Crippen LogP contribution is 2.26. The van der Waals surface area contributed by atoms with E-state index in [-0.39, 0.29) is 18.2 Å². The van der Waals surface area contributed by atoms with Crippen LogP contribution in [-0.4, -0.2) is 47.0 Å². The van der Waals surface area contributed by atoms with Crippen LogP contribution in [0.15, 0.2) is 0 Å². The van der Waals surface area contributed by atoms with Crippen LogP contribution >= 0.6 is 0 Å². The van der Waals surface area contributed by atoms with Crippen molar-refractivity contribution in [3.05, 3.63) is 0 Å². The Balaban J connectivity index is 2.61. The van der Waals surface area contributed by atoms with Gasteiger partial charge in [-0.3, -0.25) is 4.90 Å². The molecule has 1 heterocycles. The maximum Gasteiger partial charge on any atom is 0.0685 e. The normalized spacial score (nSPS) is 42.6. The first-order chi connectivity index (χ1) is 4.58. The molecule has 0 bridgehead atoms. The number of likely N-dealkylation sites (tertiary alicyclic amines) is 1. The van der Waals surface area contributed by atoms with Crippen molar-refractivity contribution in [1.82, 2.24) is 4.90 Å². The number of hydrogen-bond donors (Lipinski definition) is 2. The van der Waals surface area contributed by atoms with Crippen molar-refractivity contribution in [3.8, 4) is 0 Å². The van der Waals surface area contributed by atoms with Gasteiger partial charge in [0.15, 0.2) is 0 Å². The molecule has 0 aromatic rings. The van der Waals surface area contributed by atoms with Crippen LogP contribution in [0.5, 0.6) is 0 Å². The summed E-state index contributed by atoms with van der Waals surface area (Å²) in [7, 11) is 1.92. The molecular formula is C7H15NO2. The fraction of sp³-hybridized carbons (Fsp3) is 1.00. The Morgan fingerprint density at radius 1 is 1.70 bits per heavy atom. The minimum absolute atomic E-state index is 0.126. The van der Waals surface area contributed by atoms with Gasteiger partial charge in [-0.15, -0.1) is 0 Å². The van der Waals surface area contributed by atoms with Gasteiger partial charge in [0.2, 0.25) is 0 Å². The highest BCUT2D eigenvalue weighted by Gasteiger charge is 2.38. The molecule has 0 aromatic heterocycles. The summed E-state index contributed by atoms with van der Waals surface area (Å²) in [6, 6.07) is 0. The molecule has 10 heavy (non-hydrogen) atoms. The molecule has 0 spiro atoms. The molecular weight excluding hydrogens is 130 g/mol. The first-order valence-corrected chi connectivity index (χ1v) is 3.59. The number of aliphatic hydroxyl groups is 2. The van der Waals surface area contributed by atoms with Gasteiger partial charge >= 0.3 is 0 Å². The molecule has 60 valence electrons. The van der Waals surface area contributed by atoms with E-state index >= 15 is 0 Å². The van der Waals surface area contributed by atoms with Gasteiger partial charge in [0, 0.05) is 12.1 Å². The molecule has 0 amide bonds. The average molecular weight is 145 g/mol. The average Bonchev–Trinajstić information content (AvgIpc) is 2.09. The van der Waals surface area contributed by atoms with Crippen molar-refractivity contribution in [2.24, 2.45) is 0 Å². The van der Waals surface area contributed by atoms with Crippen molar-refractivity contribution in [2.75, 3.05) is 20.2 Å². The Morgan fingerprint density at radius 2 is 2.30 bits per heavy atom. The van der Waals surface area contributed by atoms with E-state index in [0.29, 0.717) is 13.0 Å². The summed E-state index contributed by atoms with van der Waals surface area (Å²) in [5.74, 6) is 0. The summed E-state index contributed by atoms with van der Waals surface area (Å²) >= 11 is 0. The van der Waals surface area contributed by atoms with E-state index in [1.165, 1.54) is 0 Å². The lowest BCUT2D eigenvalue weighted by molar-refractivity contribution is 0.0994. The van der Waals surface area contributed by atoms with E-state index in [9.17, 15) is 5.11 Å². The second-order valence-corrected chi connectivity index (χ2v) is 3.39. The van der Waals surface area contributed by atoms with Crippen molar-refractivity contribution >= 4 is 0 Å². The highest BCUT2D eigenvalue weighted by molar-refractivity contribution is 4.93. The molecule has 2 atom stereocenters. The lowest BCUT2D eigenvalue weighted by Crippen LogP contribution is -2.41. The number of β-amino-alcohol motifs (C(OH)–C–C–N with tert-alkyl or cyclic N) is 1. The summed E-state index contributed by atoms with van der Waals surface area (Å²) in [6.45, 7) is 2.76. The monoisotopic (exact) mass is 145 g/mol. The zero-order valence-electron chi connectivity index (χ0n) is 6.54. The fourth-order valence-electron chi connectivity index (χ4n) is 1.45. The molecule has 1 aliphatic heterocycles. The van der Waals surface area contributed by atoms with Crippen LogP contribution in [0.2, 0.25) is 0 Å². The van der Waals surface area contributed by atoms with E-state index in [0.717, 1.165) is 0 Å². The zero-order valence-corrected chi connectivity index (χ0v) is 6.54. The number of nitrogens with zero attached hydrogens (tertiary/aromatic N) is 1. The number of likely N-dealkylation sites (N-methyl/N-ethyl adjacent to an activating group) is 1. The quantitative estimate of drug-likeness (QED) is 0.519. The van der Waals surface area contributed by atoms with Crippen LogP contribution in [0.3, 0.4) is 0 Å². The predicted octanol–water partition coefficient (Wildman–Crippen LogP) is -0.566. The fourth-order valence-corrected chi connectivity index (χ4v) is 1.45. The van der Waals surface area contributed by atoms with Crippen molar-refractivity contribution in [2.45, 2.75) is 25.0 Å². The Hall–Kier alpha value is -0.120. The van der Waals surface area contributed by atoms with Crippen LogP contribution in [0.4, 0.5) is 0 Å². The largest absolute Gasteiger partial charge is 0.394 e. The van der Waals surface area contributed by atoms with Crippen LogP contribution in [-0.2, 0) is 0 Å². The Bertz CT molecular complexity index is 129. The van der Waals surface area contributed by atoms with E-state index in [4.69, 9.17) is 5.11 Å². The van der Waals surface area contributed by atoms with E-state index in [2.05, 4.69) is 0 Å². The molecule has 2 N–H and O–H groups in total. The highest BCUT2D eigenvalue weighted by atomic mass is 16.3. The van der Waals surface area contributed by atoms with Gasteiger partial charge in [-0.25, -0.2) is 0 Å². The van der Waals surface area contributed by atoms with Gasteiger partial charge in [0.05, 0.1) is 12.7 Å². The molecule has 1 fully saturated rings. The van der Waals surface area contributed by atoms with E-state index < -0.39 is 0 Å². The maximum atomic E-state index is 9.21. The predicted molar refractivity (Wildman–Crippen MR) is 38.7 cm³/mol. The number of hydrogen-bond acceptors (Lipinski definition) is 3. The maximum absolute atomic E-state index is 9.21. The lowest BCUT2D eigenvalue weighted by Gasteiger charge is -2.29. The Labute approximate surface area is 61.3 Å². The minimum Gasteiger partial charge on any atom is -0.394 e. The Kier molecular flexibility index (Phi) is 1.99. The second kappa shape index (κ2) is 2.49. The third-order valence-corrected chi connectivity index (χ3v) is 2.42. The summed E-state index contributed by atoms with van der Waals surface area (Å²) in [4.78, 5) is 2.00. The molecule has 1 aliphatic rings. The van der Waals surface area contributed by atoms with Gasteiger partial charge in [-0.1, -0.05) is 0 Å². The number of aliphatic hydroxyl groups excluding tert-OH is 2. The molecule has 0 radical (unpaired) electrons. The van der Waals surface area contributed by atoms with Crippen LogP contribution < -0.4 is 0 Å². The van der Waals surface area contributed by atoms with E-state index in [1.807, 2.05) is 18.9 Å². The van der Waals surface area contributed by atoms with Crippen LogP contribution in [0, 0.1) is 0 Å². The third-order valence-electron chi connectivity index (χ3n) is 2.42.